The third kappa shape index (κ3) is 41.6. The summed E-state index contributed by atoms with van der Waals surface area (Å²) in [6.45, 7) is 29.9. The molecule has 0 saturated carbocycles. The molecule has 2 aliphatic heterocycles. The fraction of sp³-hybridized carbons (Fsp3) is 0.955. The third-order valence-corrected chi connectivity index (χ3v) is 17.0. The predicted octanol–water partition coefficient (Wildman–Crippen LogP) is 19.6. The van der Waals surface area contributed by atoms with Gasteiger partial charge in [0.05, 0.1) is 12.6 Å². The molecule has 434 valence electrons. The molecule has 0 aromatic carbocycles. The number of likely N-dealkylation sites (tertiary alicyclic amines) is 2. The Hall–Kier alpha value is -1.11. The lowest BCUT2D eigenvalue weighted by atomic mass is 10.1. The van der Waals surface area contributed by atoms with Crippen molar-refractivity contribution in [1.29, 1.82) is 0 Å². The number of hydrogen-bond acceptors (Lipinski definition) is 5. The molecule has 0 aromatic heterocycles. The first-order valence-electron chi connectivity index (χ1n) is 33.8. The highest BCUT2D eigenvalue weighted by Crippen LogP contribution is 2.31. The minimum absolute atomic E-state index is 0.374. The van der Waals surface area contributed by atoms with E-state index < -0.39 is 0 Å². The molecule has 6 nitrogen and oxygen atoms in total. The molecule has 1 amide bonds. The number of rotatable bonds is 56. The van der Waals surface area contributed by atoms with Gasteiger partial charge in [0.1, 0.15) is 0 Å². The van der Waals surface area contributed by atoms with E-state index in [9.17, 15) is 4.79 Å². The SMILES string of the molecule is C=CN1CC2CC1CN2C(=O)CN(CCCCCCCCCCCC)CCN(CCCCCCCCCCCC)CCCCCCCCCCCC.CCCCCCCCCN(CC)CCCCCCCCC. The van der Waals surface area contributed by atoms with E-state index in [0.29, 0.717) is 24.5 Å². The van der Waals surface area contributed by atoms with Crippen LogP contribution >= 0.6 is 0 Å². The maximum Gasteiger partial charge on any atom is 0.237 e. The van der Waals surface area contributed by atoms with Crippen molar-refractivity contribution in [1.82, 2.24) is 24.5 Å². The monoisotopic (exact) mass is 1030 g/mol. The number of carbonyl (C=O) groups excluding carboxylic acids is 1. The van der Waals surface area contributed by atoms with Gasteiger partial charge in [0.25, 0.3) is 0 Å². The lowest BCUT2D eigenvalue weighted by Gasteiger charge is -2.35. The molecule has 6 heteroatoms. The van der Waals surface area contributed by atoms with Gasteiger partial charge in [0.15, 0.2) is 0 Å². The number of carbonyl (C=O) groups is 1. The molecule has 0 spiro atoms. The number of piperazine rings is 1. The highest BCUT2D eigenvalue weighted by molar-refractivity contribution is 5.79. The molecule has 2 saturated heterocycles. The maximum absolute atomic E-state index is 13.7. The fourth-order valence-corrected chi connectivity index (χ4v) is 11.9. The number of fused-ring (bicyclic) bond motifs is 2. The minimum Gasteiger partial charge on any atom is -0.371 e. The summed E-state index contributed by atoms with van der Waals surface area (Å²) in [4.78, 5) is 26.3. The molecular weight excluding hydrogens is 891 g/mol. The number of amides is 1. The molecule has 0 aliphatic carbocycles. The topological polar surface area (TPSA) is 33.3 Å². The van der Waals surface area contributed by atoms with Crippen molar-refractivity contribution in [2.24, 2.45) is 0 Å². The van der Waals surface area contributed by atoms with E-state index in [-0.39, 0.29) is 0 Å². The Kier molecular flexibility index (Phi) is 52.0. The van der Waals surface area contributed by atoms with Crippen molar-refractivity contribution in [2.45, 2.75) is 343 Å². The summed E-state index contributed by atoms with van der Waals surface area (Å²) in [6.07, 6.45) is 64.8. The molecule has 2 unspecified atom stereocenters. The maximum atomic E-state index is 13.7. The summed E-state index contributed by atoms with van der Waals surface area (Å²) in [5.74, 6) is 0.374. The minimum atomic E-state index is 0.374. The largest absolute Gasteiger partial charge is 0.371 e. The first kappa shape index (κ1) is 69.9. The highest BCUT2D eigenvalue weighted by atomic mass is 16.2. The summed E-state index contributed by atoms with van der Waals surface area (Å²) in [7, 11) is 0. The van der Waals surface area contributed by atoms with Crippen LogP contribution in [-0.4, -0.2) is 114 Å². The van der Waals surface area contributed by atoms with Gasteiger partial charge in [-0.3, -0.25) is 9.69 Å². The number of unbranched alkanes of at least 4 members (excludes halogenated alkanes) is 39. The lowest BCUT2D eigenvalue weighted by molar-refractivity contribution is -0.134. The standard InChI is InChI=1S/C47H92N4O.C20H43N/c1-5-9-12-15-18-21-24-27-30-33-36-48(37-34-31-28-25-22-19-16-13-10-6-2)39-40-49(38-35-32-29-26-23-20-17-14-11-7-3)44-47(52)51-43-45-41-46(51)42-50(45)8-4;1-4-7-9-11-13-15-17-19-21(6-3)20-18-16-14-12-10-8-5-2/h8,45-46H,4-7,9-44H2,1-3H3;4-20H2,1-3H3. The second-order valence-electron chi connectivity index (χ2n) is 23.8. The molecule has 2 atom stereocenters. The summed E-state index contributed by atoms with van der Waals surface area (Å²) < 4.78 is 0. The summed E-state index contributed by atoms with van der Waals surface area (Å²) in [5.41, 5.74) is 0. The Morgan fingerprint density at radius 3 is 0.904 bits per heavy atom. The van der Waals surface area contributed by atoms with E-state index in [1.54, 1.807) is 0 Å². The van der Waals surface area contributed by atoms with Crippen LogP contribution in [0.4, 0.5) is 0 Å². The summed E-state index contributed by atoms with van der Waals surface area (Å²) in [6, 6.07) is 0.873. The van der Waals surface area contributed by atoms with Crippen molar-refractivity contribution >= 4 is 5.91 Å². The second kappa shape index (κ2) is 54.3. The molecule has 0 radical (unpaired) electrons. The third-order valence-electron chi connectivity index (χ3n) is 17.0. The molecule has 2 fully saturated rings. The van der Waals surface area contributed by atoms with Gasteiger partial charge in [0.2, 0.25) is 5.91 Å². The Balaban J connectivity index is 0.00000106. The van der Waals surface area contributed by atoms with Gasteiger partial charge >= 0.3 is 0 Å². The summed E-state index contributed by atoms with van der Waals surface area (Å²) >= 11 is 0. The zero-order valence-electron chi connectivity index (χ0n) is 51.2. The van der Waals surface area contributed by atoms with Crippen LogP contribution in [0.15, 0.2) is 12.8 Å². The zero-order valence-corrected chi connectivity index (χ0v) is 51.2. The average molecular weight is 1030 g/mol. The van der Waals surface area contributed by atoms with Crippen LogP contribution in [0.5, 0.6) is 0 Å². The van der Waals surface area contributed by atoms with Crippen LogP contribution in [0, 0.1) is 0 Å². The van der Waals surface area contributed by atoms with E-state index in [0.717, 1.165) is 39.1 Å². The van der Waals surface area contributed by atoms with Crippen LogP contribution in [0.3, 0.4) is 0 Å². The van der Waals surface area contributed by atoms with Gasteiger partial charge in [-0.1, -0.05) is 299 Å². The van der Waals surface area contributed by atoms with Crippen molar-refractivity contribution < 1.29 is 4.79 Å². The van der Waals surface area contributed by atoms with E-state index >= 15 is 0 Å². The van der Waals surface area contributed by atoms with Crippen LogP contribution in [0.2, 0.25) is 0 Å². The van der Waals surface area contributed by atoms with Crippen LogP contribution in [0.25, 0.3) is 0 Å². The van der Waals surface area contributed by atoms with Crippen molar-refractivity contribution in [3.63, 3.8) is 0 Å². The molecule has 73 heavy (non-hydrogen) atoms. The van der Waals surface area contributed by atoms with Crippen molar-refractivity contribution in [2.75, 3.05) is 72.0 Å². The Morgan fingerprint density at radius 2 is 0.630 bits per heavy atom. The van der Waals surface area contributed by atoms with E-state index in [1.165, 1.54) is 315 Å². The molecule has 0 N–H and O–H groups in total. The molecule has 2 heterocycles. The number of hydrogen-bond donors (Lipinski definition) is 0. The van der Waals surface area contributed by atoms with Crippen LogP contribution in [0.1, 0.15) is 330 Å². The predicted molar refractivity (Wildman–Crippen MR) is 327 cm³/mol. The smallest absolute Gasteiger partial charge is 0.237 e. The van der Waals surface area contributed by atoms with Crippen LogP contribution in [-0.2, 0) is 4.79 Å². The number of nitrogens with zero attached hydrogens (tertiary/aromatic N) is 5. The summed E-state index contributed by atoms with van der Waals surface area (Å²) in [5, 5.41) is 0. The van der Waals surface area contributed by atoms with Crippen molar-refractivity contribution in [3.05, 3.63) is 12.8 Å². The van der Waals surface area contributed by atoms with Gasteiger partial charge in [-0.2, -0.15) is 0 Å². The van der Waals surface area contributed by atoms with E-state index in [4.69, 9.17) is 0 Å². The van der Waals surface area contributed by atoms with E-state index in [1.807, 2.05) is 6.20 Å². The van der Waals surface area contributed by atoms with Gasteiger partial charge in [-0.05, 0) is 84.0 Å². The molecular formula is C67H135N5O. The fourth-order valence-electron chi connectivity index (χ4n) is 11.9. The Morgan fingerprint density at radius 1 is 0.356 bits per heavy atom. The second-order valence-corrected chi connectivity index (χ2v) is 23.8. The van der Waals surface area contributed by atoms with Gasteiger partial charge in [-0.15, -0.1) is 0 Å². The first-order chi connectivity index (χ1) is 36.0. The Labute approximate surface area is 460 Å². The van der Waals surface area contributed by atoms with Crippen LogP contribution < -0.4 is 0 Å². The highest BCUT2D eigenvalue weighted by Gasteiger charge is 2.44. The van der Waals surface area contributed by atoms with Gasteiger partial charge in [0, 0.05) is 32.2 Å². The van der Waals surface area contributed by atoms with Gasteiger partial charge in [-0.25, -0.2) is 0 Å². The molecule has 2 bridgehead atoms. The zero-order chi connectivity index (χ0) is 52.9. The normalized spacial score (nSPS) is 15.4. The lowest BCUT2D eigenvalue weighted by Crippen LogP contribution is -2.50. The average Bonchev–Trinajstić information content (AvgIpc) is 4.02. The molecule has 2 aliphatic rings. The van der Waals surface area contributed by atoms with Crippen molar-refractivity contribution in [3.8, 4) is 0 Å². The first-order valence-corrected chi connectivity index (χ1v) is 33.8. The van der Waals surface area contributed by atoms with Gasteiger partial charge < -0.3 is 19.6 Å². The quantitative estimate of drug-likeness (QED) is 0.0567. The van der Waals surface area contributed by atoms with E-state index in [2.05, 4.69) is 72.6 Å². The molecule has 0 aromatic rings. The molecule has 2 rings (SSSR count). The Bertz CT molecular complexity index is 1090.